The van der Waals surface area contributed by atoms with E-state index in [0.717, 1.165) is 12.8 Å². The zero-order valence-electron chi connectivity index (χ0n) is 12.4. The summed E-state index contributed by atoms with van der Waals surface area (Å²) >= 11 is 0. The van der Waals surface area contributed by atoms with Gasteiger partial charge in [-0.3, -0.25) is 4.79 Å². The van der Waals surface area contributed by atoms with Crippen molar-refractivity contribution in [2.24, 2.45) is 11.8 Å². The Morgan fingerprint density at radius 1 is 1.25 bits per heavy atom. The summed E-state index contributed by atoms with van der Waals surface area (Å²) in [6.07, 6.45) is 5.48. The minimum absolute atomic E-state index is 0.107. The Labute approximate surface area is 120 Å². The smallest absolute Gasteiger partial charge is 0.326 e. The van der Waals surface area contributed by atoms with Crippen LogP contribution in [0.4, 0.5) is 0 Å². The standard InChI is InChI=1S/C15H26N2O3/c1-9(2)5-13(15(19)20)17-14(18)8-10-6-11-3-4-12(7-10)16-11/h9-13,16H,3-8H2,1-2H3,(H,17,18)(H,19,20). The van der Waals surface area contributed by atoms with E-state index in [1.807, 2.05) is 13.8 Å². The van der Waals surface area contributed by atoms with Crippen LogP contribution in [0.1, 0.15) is 52.4 Å². The highest BCUT2D eigenvalue weighted by molar-refractivity contribution is 5.83. The van der Waals surface area contributed by atoms with Crippen molar-refractivity contribution in [1.29, 1.82) is 0 Å². The SMILES string of the molecule is CC(C)CC(NC(=O)CC1CC2CCC(C1)N2)C(=O)O. The van der Waals surface area contributed by atoms with Crippen LogP contribution in [0, 0.1) is 11.8 Å². The first kappa shape index (κ1) is 15.3. The number of aliphatic carboxylic acids is 1. The molecule has 2 heterocycles. The first-order valence-corrected chi connectivity index (χ1v) is 7.72. The number of hydrogen-bond donors (Lipinski definition) is 3. The molecule has 0 spiro atoms. The minimum atomic E-state index is -0.933. The van der Waals surface area contributed by atoms with E-state index in [4.69, 9.17) is 5.11 Å². The summed E-state index contributed by atoms with van der Waals surface area (Å²) in [7, 11) is 0. The molecule has 0 aliphatic carbocycles. The van der Waals surface area contributed by atoms with Crippen molar-refractivity contribution in [3.63, 3.8) is 0 Å². The number of carbonyl (C=O) groups is 2. The van der Waals surface area contributed by atoms with Crippen LogP contribution in [0.25, 0.3) is 0 Å². The molecule has 0 aromatic carbocycles. The number of rotatable bonds is 6. The van der Waals surface area contributed by atoms with E-state index in [9.17, 15) is 9.59 Å². The molecule has 2 fully saturated rings. The lowest BCUT2D eigenvalue weighted by Gasteiger charge is -2.29. The number of amides is 1. The van der Waals surface area contributed by atoms with Gasteiger partial charge in [0.25, 0.3) is 0 Å². The Bertz CT molecular complexity index is 358. The van der Waals surface area contributed by atoms with Crippen molar-refractivity contribution in [2.75, 3.05) is 0 Å². The van der Waals surface area contributed by atoms with Crippen molar-refractivity contribution >= 4 is 11.9 Å². The minimum Gasteiger partial charge on any atom is -0.480 e. The number of nitrogens with one attached hydrogen (secondary N) is 2. The van der Waals surface area contributed by atoms with Crippen molar-refractivity contribution in [3.05, 3.63) is 0 Å². The largest absolute Gasteiger partial charge is 0.480 e. The second kappa shape index (κ2) is 6.57. The molecule has 0 aromatic rings. The molecule has 0 aromatic heterocycles. The Morgan fingerprint density at radius 3 is 2.35 bits per heavy atom. The van der Waals surface area contributed by atoms with Crippen LogP contribution >= 0.6 is 0 Å². The Kier molecular flexibility index (Phi) is 5.02. The van der Waals surface area contributed by atoms with Gasteiger partial charge < -0.3 is 15.7 Å². The third-order valence-electron chi connectivity index (χ3n) is 4.39. The average Bonchev–Trinajstić information content (AvgIpc) is 2.67. The van der Waals surface area contributed by atoms with Crippen LogP contribution in [0.3, 0.4) is 0 Å². The molecule has 0 saturated carbocycles. The molecular formula is C15H26N2O3. The van der Waals surface area contributed by atoms with Gasteiger partial charge in [0.1, 0.15) is 6.04 Å². The molecule has 2 aliphatic rings. The molecular weight excluding hydrogens is 256 g/mol. The van der Waals surface area contributed by atoms with Crippen molar-refractivity contribution in [3.8, 4) is 0 Å². The number of carbonyl (C=O) groups excluding carboxylic acids is 1. The van der Waals surface area contributed by atoms with Crippen LogP contribution in [0.5, 0.6) is 0 Å². The number of fused-ring (bicyclic) bond motifs is 2. The van der Waals surface area contributed by atoms with Gasteiger partial charge in [-0.25, -0.2) is 4.79 Å². The van der Waals surface area contributed by atoms with E-state index in [-0.39, 0.29) is 11.8 Å². The molecule has 3 atom stereocenters. The molecule has 1 amide bonds. The van der Waals surface area contributed by atoms with E-state index in [2.05, 4.69) is 10.6 Å². The van der Waals surface area contributed by atoms with Gasteiger partial charge in [0.15, 0.2) is 0 Å². The maximum atomic E-state index is 12.0. The van der Waals surface area contributed by atoms with Gasteiger partial charge in [-0.05, 0) is 43.9 Å². The third kappa shape index (κ3) is 4.20. The van der Waals surface area contributed by atoms with E-state index in [0.29, 0.717) is 30.8 Å². The molecule has 20 heavy (non-hydrogen) atoms. The molecule has 2 rings (SSSR count). The molecule has 5 nitrogen and oxygen atoms in total. The normalized spacial score (nSPS) is 30.2. The van der Waals surface area contributed by atoms with Crippen molar-refractivity contribution < 1.29 is 14.7 Å². The zero-order chi connectivity index (χ0) is 14.7. The van der Waals surface area contributed by atoms with E-state index < -0.39 is 12.0 Å². The van der Waals surface area contributed by atoms with Crippen molar-refractivity contribution in [2.45, 2.75) is 70.5 Å². The summed E-state index contributed by atoms with van der Waals surface area (Å²) < 4.78 is 0. The molecule has 5 heteroatoms. The molecule has 2 saturated heterocycles. The van der Waals surface area contributed by atoms with Gasteiger partial charge in [-0.1, -0.05) is 13.8 Å². The van der Waals surface area contributed by atoms with Crippen LogP contribution in [0.15, 0.2) is 0 Å². The molecule has 3 N–H and O–H groups in total. The number of carboxylic acids is 1. The number of carboxylic acid groups (broad SMARTS) is 1. The van der Waals surface area contributed by atoms with Gasteiger partial charge in [0, 0.05) is 18.5 Å². The van der Waals surface area contributed by atoms with E-state index in [1.54, 1.807) is 0 Å². The van der Waals surface area contributed by atoms with E-state index >= 15 is 0 Å². The lowest BCUT2D eigenvalue weighted by molar-refractivity contribution is -0.142. The van der Waals surface area contributed by atoms with E-state index in [1.165, 1.54) is 12.8 Å². The lowest BCUT2D eigenvalue weighted by atomic mass is 9.89. The summed E-state index contributed by atoms with van der Waals surface area (Å²) in [5.74, 6) is -0.379. The molecule has 2 aliphatic heterocycles. The second-order valence-corrected chi connectivity index (χ2v) is 6.77. The van der Waals surface area contributed by atoms with Crippen LogP contribution < -0.4 is 10.6 Å². The lowest BCUT2D eigenvalue weighted by Crippen LogP contribution is -2.44. The monoisotopic (exact) mass is 282 g/mol. The Hall–Kier alpha value is -1.10. The summed E-state index contributed by atoms with van der Waals surface area (Å²) in [5.41, 5.74) is 0. The Morgan fingerprint density at radius 2 is 1.85 bits per heavy atom. The quantitative estimate of drug-likeness (QED) is 0.690. The van der Waals surface area contributed by atoms with Gasteiger partial charge in [-0.15, -0.1) is 0 Å². The van der Waals surface area contributed by atoms with Gasteiger partial charge in [-0.2, -0.15) is 0 Å². The zero-order valence-corrected chi connectivity index (χ0v) is 12.4. The topological polar surface area (TPSA) is 78.4 Å². The fourth-order valence-corrected chi connectivity index (χ4v) is 3.55. The molecule has 114 valence electrons. The third-order valence-corrected chi connectivity index (χ3v) is 4.39. The fourth-order valence-electron chi connectivity index (χ4n) is 3.55. The van der Waals surface area contributed by atoms with Gasteiger partial charge in [0.2, 0.25) is 5.91 Å². The maximum Gasteiger partial charge on any atom is 0.326 e. The van der Waals surface area contributed by atoms with Crippen molar-refractivity contribution in [1.82, 2.24) is 10.6 Å². The molecule has 0 radical (unpaired) electrons. The first-order chi connectivity index (χ1) is 9.44. The Balaban J connectivity index is 1.80. The fraction of sp³-hybridized carbons (Fsp3) is 0.867. The van der Waals surface area contributed by atoms with Crippen LogP contribution in [0.2, 0.25) is 0 Å². The van der Waals surface area contributed by atoms with Gasteiger partial charge in [0.05, 0.1) is 0 Å². The summed E-state index contributed by atoms with van der Waals surface area (Å²) in [5, 5.41) is 15.4. The second-order valence-electron chi connectivity index (χ2n) is 6.77. The maximum absolute atomic E-state index is 12.0. The molecule has 3 unspecified atom stereocenters. The first-order valence-electron chi connectivity index (χ1n) is 7.72. The summed E-state index contributed by atoms with van der Waals surface area (Å²) in [6.45, 7) is 3.93. The highest BCUT2D eigenvalue weighted by atomic mass is 16.4. The summed E-state index contributed by atoms with van der Waals surface area (Å²) in [4.78, 5) is 23.2. The molecule has 2 bridgehead atoms. The number of hydrogen-bond acceptors (Lipinski definition) is 3. The highest BCUT2D eigenvalue weighted by Crippen LogP contribution is 2.32. The van der Waals surface area contributed by atoms with Gasteiger partial charge >= 0.3 is 5.97 Å². The average molecular weight is 282 g/mol. The van der Waals surface area contributed by atoms with Crippen LogP contribution in [-0.4, -0.2) is 35.1 Å². The predicted octanol–water partition coefficient (Wildman–Crippen LogP) is 1.52. The predicted molar refractivity (Wildman–Crippen MR) is 76.3 cm³/mol. The number of piperidine rings is 1. The summed E-state index contributed by atoms with van der Waals surface area (Å²) in [6, 6.07) is 0.385. The highest BCUT2D eigenvalue weighted by Gasteiger charge is 2.34. The van der Waals surface area contributed by atoms with Crippen LogP contribution in [-0.2, 0) is 9.59 Å².